The van der Waals surface area contributed by atoms with Crippen molar-refractivity contribution in [1.29, 1.82) is 0 Å². The van der Waals surface area contributed by atoms with Crippen LogP contribution in [0.15, 0.2) is 36.4 Å². The fraction of sp³-hybridized carbons (Fsp3) is 0.263. The summed E-state index contributed by atoms with van der Waals surface area (Å²) >= 11 is 5.71. The van der Waals surface area contributed by atoms with Gasteiger partial charge in [0.1, 0.15) is 11.2 Å². The lowest BCUT2D eigenvalue weighted by Crippen LogP contribution is -2.41. The number of amides is 2. The first kappa shape index (κ1) is 18.9. The molecule has 0 aliphatic rings. The molecule has 0 atom stereocenters. The van der Waals surface area contributed by atoms with Crippen molar-refractivity contribution in [3.8, 4) is 0 Å². The second kappa shape index (κ2) is 7.23. The Kier molecular flexibility index (Phi) is 5.48. The van der Waals surface area contributed by atoms with Gasteiger partial charge in [-0.05, 0) is 57.0 Å². The summed E-state index contributed by atoms with van der Waals surface area (Å²) in [6, 6.07) is 9.51. The Hall–Kier alpha value is -2.40. The molecular formula is C19H20ClFN2O2. The van der Waals surface area contributed by atoms with Gasteiger partial charge in [-0.25, -0.2) is 4.39 Å². The molecule has 0 saturated carbocycles. The standard InChI is InChI=1S/C19H20ClFN2O2/c1-11-6-5-7-12(2)16(11)23-18(25)19(3,4)17(24)22-13-8-9-15(21)14(20)10-13/h5-10H,1-4H3,(H,22,24)(H,23,25). The average Bonchev–Trinajstić information content (AvgIpc) is 2.54. The molecule has 2 aromatic carbocycles. The quantitative estimate of drug-likeness (QED) is 0.774. The Morgan fingerprint density at radius 1 is 1.00 bits per heavy atom. The zero-order valence-corrected chi connectivity index (χ0v) is 15.3. The number of aryl methyl sites for hydroxylation is 2. The van der Waals surface area contributed by atoms with Gasteiger partial charge in [0.2, 0.25) is 11.8 Å². The Morgan fingerprint density at radius 3 is 2.12 bits per heavy atom. The minimum Gasteiger partial charge on any atom is -0.325 e. The van der Waals surface area contributed by atoms with Crippen molar-refractivity contribution in [2.45, 2.75) is 27.7 Å². The minimum atomic E-state index is -1.34. The second-order valence-corrected chi connectivity index (χ2v) is 6.84. The van der Waals surface area contributed by atoms with Crippen LogP contribution >= 0.6 is 11.6 Å². The van der Waals surface area contributed by atoms with E-state index in [1.807, 2.05) is 32.0 Å². The maximum Gasteiger partial charge on any atom is 0.239 e. The molecule has 0 heterocycles. The van der Waals surface area contributed by atoms with E-state index in [9.17, 15) is 14.0 Å². The number of carbonyl (C=O) groups is 2. The summed E-state index contributed by atoms with van der Waals surface area (Å²) in [5.41, 5.74) is 1.50. The van der Waals surface area contributed by atoms with Gasteiger partial charge in [0.05, 0.1) is 5.02 Å². The molecule has 0 aliphatic heterocycles. The summed E-state index contributed by atoms with van der Waals surface area (Å²) < 4.78 is 13.2. The Balaban J connectivity index is 2.17. The van der Waals surface area contributed by atoms with Gasteiger partial charge >= 0.3 is 0 Å². The molecule has 0 saturated heterocycles. The van der Waals surface area contributed by atoms with E-state index in [1.54, 1.807) is 0 Å². The molecular weight excluding hydrogens is 343 g/mol. The van der Waals surface area contributed by atoms with Gasteiger partial charge in [-0.15, -0.1) is 0 Å². The number of hydrogen-bond donors (Lipinski definition) is 2. The molecule has 2 N–H and O–H groups in total. The van der Waals surface area contributed by atoms with E-state index in [0.717, 1.165) is 17.2 Å². The molecule has 0 aliphatic carbocycles. The highest BCUT2D eigenvalue weighted by atomic mass is 35.5. The normalized spacial score (nSPS) is 11.1. The maximum absolute atomic E-state index is 13.2. The lowest BCUT2D eigenvalue weighted by Gasteiger charge is -2.24. The van der Waals surface area contributed by atoms with E-state index >= 15 is 0 Å². The predicted octanol–water partition coefficient (Wildman–Crippen LogP) is 4.70. The fourth-order valence-corrected chi connectivity index (χ4v) is 2.43. The third-order valence-electron chi connectivity index (χ3n) is 4.03. The van der Waals surface area contributed by atoms with E-state index in [-0.39, 0.29) is 5.02 Å². The number of hydrogen-bond acceptors (Lipinski definition) is 2. The smallest absolute Gasteiger partial charge is 0.239 e. The summed E-state index contributed by atoms with van der Waals surface area (Å²) in [6.07, 6.45) is 0. The van der Waals surface area contributed by atoms with Gasteiger partial charge in [-0.2, -0.15) is 0 Å². The van der Waals surface area contributed by atoms with Gasteiger partial charge in [-0.1, -0.05) is 29.8 Å². The van der Waals surface area contributed by atoms with Gasteiger partial charge < -0.3 is 10.6 Å². The van der Waals surface area contributed by atoms with Crippen molar-refractivity contribution < 1.29 is 14.0 Å². The molecule has 2 amide bonds. The van der Waals surface area contributed by atoms with Crippen LogP contribution in [0.2, 0.25) is 5.02 Å². The molecule has 2 aromatic rings. The van der Waals surface area contributed by atoms with Gasteiger partial charge in [0.15, 0.2) is 0 Å². The number of halogens is 2. The van der Waals surface area contributed by atoms with E-state index in [4.69, 9.17) is 11.6 Å². The second-order valence-electron chi connectivity index (χ2n) is 6.43. The Bertz CT molecular complexity index is 814. The highest BCUT2D eigenvalue weighted by Gasteiger charge is 2.36. The van der Waals surface area contributed by atoms with Crippen molar-refractivity contribution in [3.63, 3.8) is 0 Å². The van der Waals surface area contributed by atoms with E-state index in [1.165, 1.54) is 26.0 Å². The van der Waals surface area contributed by atoms with Crippen molar-refractivity contribution >= 4 is 34.8 Å². The number of carbonyl (C=O) groups excluding carboxylic acids is 2. The van der Waals surface area contributed by atoms with E-state index < -0.39 is 23.0 Å². The van der Waals surface area contributed by atoms with Crippen LogP contribution in [0.25, 0.3) is 0 Å². The van der Waals surface area contributed by atoms with Crippen LogP contribution < -0.4 is 10.6 Å². The number of benzene rings is 2. The number of nitrogens with one attached hydrogen (secondary N) is 2. The van der Waals surface area contributed by atoms with Crippen LogP contribution in [-0.4, -0.2) is 11.8 Å². The lowest BCUT2D eigenvalue weighted by molar-refractivity contribution is -0.135. The first-order valence-electron chi connectivity index (χ1n) is 7.77. The topological polar surface area (TPSA) is 58.2 Å². The van der Waals surface area contributed by atoms with Crippen LogP contribution in [0.5, 0.6) is 0 Å². The molecule has 0 unspecified atom stereocenters. The molecule has 0 radical (unpaired) electrons. The van der Waals surface area contributed by atoms with Gasteiger partial charge in [0.25, 0.3) is 0 Å². The number of para-hydroxylation sites is 1. The number of rotatable bonds is 4. The highest BCUT2D eigenvalue weighted by molar-refractivity contribution is 6.31. The summed E-state index contributed by atoms with van der Waals surface area (Å²) in [6.45, 7) is 6.82. The van der Waals surface area contributed by atoms with Crippen LogP contribution in [0.1, 0.15) is 25.0 Å². The first-order chi connectivity index (χ1) is 11.6. The molecule has 0 fully saturated rings. The molecule has 0 bridgehead atoms. The van der Waals surface area contributed by atoms with E-state index in [2.05, 4.69) is 10.6 Å². The number of anilines is 2. The fourth-order valence-electron chi connectivity index (χ4n) is 2.25. The summed E-state index contributed by atoms with van der Waals surface area (Å²) in [5.74, 6) is -1.53. The van der Waals surface area contributed by atoms with Crippen LogP contribution in [-0.2, 0) is 9.59 Å². The molecule has 0 aromatic heterocycles. The molecule has 0 spiro atoms. The van der Waals surface area contributed by atoms with Gasteiger partial charge in [-0.3, -0.25) is 9.59 Å². The average molecular weight is 363 g/mol. The minimum absolute atomic E-state index is 0.101. The SMILES string of the molecule is Cc1cccc(C)c1NC(=O)C(C)(C)C(=O)Nc1ccc(F)c(Cl)c1. The summed E-state index contributed by atoms with van der Waals surface area (Å²) in [7, 11) is 0. The zero-order chi connectivity index (χ0) is 18.8. The summed E-state index contributed by atoms with van der Waals surface area (Å²) in [5, 5.41) is 5.31. The first-order valence-corrected chi connectivity index (χ1v) is 8.15. The van der Waals surface area contributed by atoms with Crippen molar-refractivity contribution in [2.24, 2.45) is 5.41 Å². The largest absolute Gasteiger partial charge is 0.325 e. The van der Waals surface area contributed by atoms with Crippen LogP contribution in [0.3, 0.4) is 0 Å². The Morgan fingerprint density at radius 2 is 1.56 bits per heavy atom. The Labute approximate surface area is 151 Å². The van der Waals surface area contributed by atoms with Crippen molar-refractivity contribution in [1.82, 2.24) is 0 Å². The zero-order valence-electron chi connectivity index (χ0n) is 14.5. The van der Waals surface area contributed by atoms with Crippen LogP contribution in [0.4, 0.5) is 15.8 Å². The molecule has 4 nitrogen and oxygen atoms in total. The molecule has 2 rings (SSSR count). The summed E-state index contributed by atoms with van der Waals surface area (Å²) in [4.78, 5) is 25.2. The van der Waals surface area contributed by atoms with Crippen LogP contribution in [0, 0.1) is 25.1 Å². The highest BCUT2D eigenvalue weighted by Crippen LogP contribution is 2.26. The predicted molar refractivity (Wildman–Crippen MR) is 98.4 cm³/mol. The lowest BCUT2D eigenvalue weighted by atomic mass is 9.90. The van der Waals surface area contributed by atoms with Gasteiger partial charge in [0, 0.05) is 11.4 Å². The maximum atomic E-state index is 13.2. The van der Waals surface area contributed by atoms with E-state index in [0.29, 0.717) is 11.4 Å². The molecule has 132 valence electrons. The third-order valence-corrected chi connectivity index (χ3v) is 4.32. The van der Waals surface area contributed by atoms with Crippen molar-refractivity contribution in [2.75, 3.05) is 10.6 Å². The molecule has 6 heteroatoms. The van der Waals surface area contributed by atoms with Crippen molar-refractivity contribution in [3.05, 3.63) is 58.4 Å². The third kappa shape index (κ3) is 4.17. The monoisotopic (exact) mass is 362 g/mol. The molecule has 25 heavy (non-hydrogen) atoms.